The number of phenols is 2. The number of carboxylic acids is 1. The number of aliphatic imine (C=N–C) groups is 2. The van der Waals surface area contributed by atoms with Crippen LogP contribution >= 0.6 is 0 Å². The Bertz CT molecular complexity index is 2280. The number of para-hydroxylation sites is 1. The molecule has 0 aromatic heterocycles. The number of phenolic OH excluding ortho intramolecular Hbond substituents is 2. The van der Waals surface area contributed by atoms with E-state index in [1.54, 1.807) is 24.4 Å². The van der Waals surface area contributed by atoms with Crippen molar-refractivity contribution in [3.05, 3.63) is 82.4 Å². The summed E-state index contributed by atoms with van der Waals surface area (Å²) in [6.45, 7) is 0.355. The fourth-order valence-electron chi connectivity index (χ4n) is 10.6. The summed E-state index contributed by atoms with van der Waals surface area (Å²) in [5.74, 6) is -4.88. The zero-order chi connectivity index (χ0) is 41.2. The Hall–Kier alpha value is -5.32. The van der Waals surface area contributed by atoms with E-state index in [0.29, 0.717) is 47.5 Å². The first-order chi connectivity index (χ1) is 28.4. The van der Waals surface area contributed by atoms with Gasteiger partial charge in [0.25, 0.3) is 5.91 Å². The molecule has 8 N–H and O–H groups in total. The molecule has 9 rings (SSSR count). The fraction of sp³-hybridized carbons (Fsp3) is 0.455. The second kappa shape index (κ2) is 15.1. The molecule has 0 unspecified atom stereocenters. The Labute approximate surface area is 340 Å². The van der Waals surface area contributed by atoms with Crippen LogP contribution in [0.15, 0.2) is 64.6 Å². The van der Waals surface area contributed by atoms with E-state index in [9.17, 15) is 45.3 Å². The number of rotatable bonds is 8. The zero-order valence-electron chi connectivity index (χ0n) is 32.3. The van der Waals surface area contributed by atoms with Gasteiger partial charge in [0.2, 0.25) is 5.79 Å². The van der Waals surface area contributed by atoms with Gasteiger partial charge in [0, 0.05) is 59.8 Å². The minimum atomic E-state index is -1.98. The maximum absolute atomic E-state index is 14.7. The Balaban J connectivity index is 1.15. The van der Waals surface area contributed by atoms with Crippen molar-refractivity contribution in [2.75, 3.05) is 30.0 Å². The number of aliphatic hydroxyl groups is 4. The van der Waals surface area contributed by atoms with Crippen LogP contribution in [0.1, 0.15) is 72.3 Å². The number of carboxylic acid groups (broad SMARTS) is 1. The summed E-state index contributed by atoms with van der Waals surface area (Å²) in [7, 11) is 0. The second-order valence-corrected chi connectivity index (χ2v) is 16.6. The fourth-order valence-corrected chi connectivity index (χ4v) is 10.6. The highest BCUT2D eigenvalue weighted by molar-refractivity contribution is 6.32. The number of anilines is 2. The van der Waals surface area contributed by atoms with Gasteiger partial charge in [-0.3, -0.25) is 19.7 Å². The molecule has 1 saturated heterocycles. The lowest BCUT2D eigenvalue weighted by Crippen LogP contribution is -2.68. The van der Waals surface area contributed by atoms with Gasteiger partial charge >= 0.3 is 5.97 Å². The number of ether oxygens (including phenoxy) is 2. The molecule has 9 atom stereocenters. The summed E-state index contributed by atoms with van der Waals surface area (Å²) >= 11 is 0. The summed E-state index contributed by atoms with van der Waals surface area (Å²) in [6.07, 6.45) is 2.40. The molecular weight excluding hydrogens is 761 g/mol. The average molecular weight is 809 g/mol. The Kier molecular flexibility index (Phi) is 9.99. The minimum absolute atomic E-state index is 0.00563. The lowest BCUT2D eigenvalue weighted by Gasteiger charge is -2.50. The largest absolute Gasteiger partial charge is 0.508 e. The Morgan fingerprint density at radius 1 is 1.02 bits per heavy atom. The molecule has 3 aromatic carbocycles. The van der Waals surface area contributed by atoms with Crippen molar-refractivity contribution in [1.29, 1.82) is 0 Å². The van der Waals surface area contributed by atoms with Crippen molar-refractivity contribution in [2.24, 2.45) is 15.9 Å². The van der Waals surface area contributed by atoms with Crippen molar-refractivity contribution < 1.29 is 54.8 Å². The highest BCUT2D eigenvalue weighted by Gasteiger charge is 2.59. The first-order valence-electron chi connectivity index (χ1n) is 20.3. The normalized spacial score (nSPS) is 31.8. The number of fused-ring (bicyclic) bond motifs is 6. The molecule has 2 fully saturated rings. The van der Waals surface area contributed by atoms with Crippen molar-refractivity contribution in [1.82, 2.24) is 0 Å². The lowest BCUT2D eigenvalue weighted by atomic mass is 9.56. The Morgan fingerprint density at radius 3 is 2.63 bits per heavy atom. The first-order valence-corrected chi connectivity index (χ1v) is 20.3. The number of hydrogen-bond acceptors (Lipinski definition) is 13. The first kappa shape index (κ1) is 39.2. The average Bonchev–Trinajstić information content (AvgIpc) is 3.87. The number of amides is 1. The van der Waals surface area contributed by atoms with Crippen molar-refractivity contribution >= 4 is 41.3 Å². The van der Waals surface area contributed by atoms with Crippen LogP contribution in [0.3, 0.4) is 0 Å². The topological polar surface area (TPSA) is 234 Å². The van der Waals surface area contributed by atoms with Crippen LogP contribution in [-0.2, 0) is 32.6 Å². The molecule has 5 heterocycles. The van der Waals surface area contributed by atoms with Crippen LogP contribution in [0.5, 0.6) is 17.2 Å². The number of nitrogens with zero attached hydrogens (tertiary/aromatic N) is 3. The summed E-state index contributed by atoms with van der Waals surface area (Å²) in [5, 5.41) is 79.6. The molecule has 6 aliphatic rings. The van der Waals surface area contributed by atoms with Crippen LogP contribution < -0.4 is 15.0 Å². The molecular formula is C44H48N4O11. The van der Waals surface area contributed by atoms with Gasteiger partial charge in [-0.1, -0.05) is 37.1 Å². The van der Waals surface area contributed by atoms with Crippen LogP contribution in [0, 0.1) is 5.92 Å². The zero-order valence-corrected chi connectivity index (χ0v) is 32.3. The predicted octanol–water partition coefficient (Wildman–Crippen LogP) is 3.16. The third kappa shape index (κ3) is 6.46. The van der Waals surface area contributed by atoms with E-state index in [-0.39, 0.29) is 41.7 Å². The standard InChI is InChI=1S/C44H48N4O11/c49-21-34-38(53)39(54)41(55)44(58-34)14-12-27-36-28(17-33(51)40(27)59-44)29(18-43-13-4-3-5-25(43)19-46-31-7-2-1-6-30(31)43)37(42(56)57)48(36)35(52)11-9-23-8-10-32(50)24(15-23)16-26-20-45-22-47-26/h1-2,6-11,15,17,20,25,29,34,37-39,41,46,49-51,53-55H,3-5,12-14,16,18-19,21-22H2,(H,56,57)/t25-,29+,34+,37+,38+,39-,41+,43-,44-/m0/s1. The smallest absolute Gasteiger partial charge is 0.327 e. The molecule has 1 aliphatic carbocycles. The number of carbonyl (C=O) groups excluding carboxylic acids is 1. The molecule has 1 saturated carbocycles. The maximum Gasteiger partial charge on any atom is 0.327 e. The number of aliphatic carboxylic acids is 1. The minimum Gasteiger partial charge on any atom is -0.508 e. The summed E-state index contributed by atoms with van der Waals surface area (Å²) in [5.41, 5.74) is 4.63. The molecule has 1 spiro atoms. The summed E-state index contributed by atoms with van der Waals surface area (Å²) < 4.78 is 12.2. The number of hydrogen-bond donors (Lipinski definition) is 8. The molecule has 15 heteroatoms. The van der Waals surface area contributed by atoms with Crippen LogP contribution in [0.25, 0.3) is 6.08 Å². The quantitative estimate of drug-likeness (QED) is 0.153. The van der Waals surface area contributed by atoms with Gasteiger partial charge in [-0.05, 0) is 78.6 Å². The van der Waals surface area contributed by atoms with E-state index in [2.05, 4.69) is 21.4 Å². The van der Waals surface area contributed by atoms with E-state index >= 15 is 0 Å². The predicted molar refractivity (Wildman–Crippen MR) is 216 cm³/mol. The van der Waals surface area contributed by atoms with Crippen molar-refractivity contribution in [2.45, 2.75) is 98.9 Å². The van der Waals surface area contributed by atoms with Gasteiger partial charge in [-0.15, -0.1) is 0 Å². The van der Waals surface area contributed by atoms with E-state index in [0.717, 1.165) is 43.5 Å². The molecule has 0 bridgehead atoms. The number of aliphatic hydroxyl groups excluding tert-OH is 4. The van der Waals surface area contributed by atoms with Gasteiger partial charge in [0.05, 0.1) is 18.0 Å². The third-order valence-electron chi connectivity index (χ3n) is 13.5. The van der Waals surface area contributed by atoms with E-state index in [1.165, 1.54) is 23.1 Å². The maximum atomic E-state index is 14.7. The number of carbonyl (C=O) groups is 2. The summed E-state index contributed by atoms with van der Waals surface area (Å²) in [6, 6.07) is 13.1. The molecule has 59 heavy (non-hydrogen) atoms. The SMILES string of the molecule is O=C(O)[C@H]1[C@H](C[C@@]23CCCC[C@H]2CNc2ccccc23)c2cc(O)c3c(c2N1C(=O)C=Cc1ccc(O)c(CC2=NCN=C2)c1)CC[C@@]1(O3)O[C@H](CO)[C@@H](O)[C@H](O)[C@H]1O. The highest BCUT2D eigenvalue weighted by atomic mass is 16.7. The van der Waals surface area contributed by atoms with Crippen molar-refractivity contribution in [3.63, 3.8) is 0 Å². The van der Waals surface area contributed by atoms with Gasteiger partial charge in [0.1, 0.15) is 42.9 Å². The van der Waals surface area contributed by atoms with Gasteiger partial charge in [-0.25, -0.2) is 4.79 Å². The number of benzene rings is 3. The number of aromatic hydroxyl groups is 2. The molecule has 1 amide bonds. The molecule has 5 aliphatic heterocycles. The monoisotopic (exact) mass is 808 g/mol. The lowest BCUT2D eigenvalue weighted by molar-refractivity contribution is -0.342. The summed E-state index contributed by atoms with van der Waals surface area (Å²) in [4.78, 5) is 38.2. The van der Waals surface area contributed by atoms with E-state index in [4.69, 9.17) is 9.47 Å². The third-order valence-corrected chi connectivity index (χ3v) is 13.5. The molecule has 15 nitrogen and oxygen atoms in total. The number of nitrogens with one attached hydrogen (secondary N) is 1. The van der Waals surface area contributed by atoms with Gasteiger partial charge in [-0.2, -0.15) is 0 Å². The molecule has 310 valence electrons. The van der Waals surface area contributed by atoms with Crippen molar-refractivity contribution in [3.8, 4) is 17.2 Å². The van der Waals surface area contributed by atoms with E-state index in [1.807, 2.05) is 18.2 Å². The highest BCUT2D eigenvalue weighted by Crippen LogP contribution is 2.60. The Morgan fingerprint density at radius 2 is 1.85 bits per heavy atom. The molecule has 0 radical (unpaired) electrons. The van der Waals surface area contributed by atoms with E-state index < -0.39 is 66.1 Å². The van der Waals surface area contributed by atoms with Crippen LogP contribution in [0.4, 0.5) is 11.4 Å². The second-order valence-electron chi connectivity index (χ2n) is 16.6. The van der Waals surface area contributed by atoms with Crippen LogP contribution in [0.2, 0.25) is 0 Å². The molecule has 3 aromatic rings. The van der Waals surface area contributed by atoms with Gasteiger partial charge in [0.15, 0.2) is 11.5 Å². The van der Waals surface area contributed by atoms with Crippen LogP contribution in [-0.4, -0.2) is 116 Å². The van der Waals surface area contributed by atoms with Gasteiger partial charge < -0.3 is 50.5 Å².